The highest BCUT2D eigenvalue weighted by Gasteiger charge is 2.05. The standard InChI is InChI=1S/C9H17NO2.2C5H8O2.ClH/c1-8(9(11)12)6-5-7-10(2,3)4;2*1-3-4(2)5(6)7;/h6H,5,7H2,1-4H3;3H,1-2H3,(H,6,7);2-3H2,1H3,(H,6,7);1H. The number of quaternary nitrogens is 1. The maximum absolute atomic E-state index is 10.4. The van der Waals surface area contributed by atoms with Gasteiger partial charge in [-0.1, -0.05) is 25.7 Å². The number of carboxylic acid groups (broad SMARTS) is 3. The third-order valence-corrected chi connectivity index (χ3v) is 3.09. The van der Waals surface area contributed by atoms with Crippen LogP contribution in [0.4, 0.5) is 0 Å². The first-order chi connectivity index (χ1) is 11.7. The smallest absolute Gasteiger partial charge is 0.330 e. The second-order valence-electron chi connectivity index (χ2n) is 6.53. The van der Waals surface area contributed by atoms with Crippen LogP contribution >= 0.6 is 0 Å². The predicted molar refractivity (Wildman–Crippen MR) is 103 cm³/mol. The summed E-state index contributed by atoms with van der Waals surface area (Å²) in [6, 6.07) is 0. The van der Waals surface area contributed by atoms with E-state index in [0.29, 0.717) is 17.6 Å². The molecular weight excluding hydrogens is 374 g/mol. The van der Waals surface area contributed by atoms with Gasteiger partial charge in [-0.25, -0.2) is 14.4 Å². The van der Waals surface area contributed by atoms with Gasteiger partial charge >= 0.3 is 17.9 Å². The monoisotopic (exact) mass is 407 g/mol. The van der Waals surface area contributed by atoms with Crippen LogP contribution in [0.2, 0.25) is 0 Å². The molecule has 0 aromatic heterocycles. The van der Waals surface area contributed by atoms with E-state index in [1.807, 2.05) is 0 Å². The van der Waals surface area contributed by atoms with Gasteiger partial charge in [0.05, 0.1) is 27.7 Å². The zero-order valence-electron chi connectivity index (χ0n) is 17.4. The van der Waals surface area contributed by atoms with Crippen LogP contribution in [0.1, 0.15) is 40.5 Å². The number of rotatable bonds is 7. The SMILES string of the molecule is C=C(CC)C(=O)O.CC(=CCC[N+](C)(C)C)C(=O)O.CC=C(C)C(=O)O.[Cl-]. The van der Waals surface area contributed by atoms with Gasteiger partial charge in [0.1, 0.15) is 0 Å². The lowest BCUT2D eigenvalue weighted by atomic mass is 10.2. The lowest BCUT2D eigenvalue weighted by Gasteiger charge is -2.22. The zero-order chi connectivity index (χ0) is 21.5. The summed E-state index contributed by atoms with van der Waals surface area (Å²) in [5.74, 6) is -2.57. The molecule has 0 aromatic rings. The minimum Gasteiger partial charge on any atom is -1.00 e. The van der Waals surface area contributed by atoms with Crippen molar-refractivity contribution < 1.29 is 46.6 Å². The van der Waals surface area contributed by atoms with Crippen LogP contribution < -0.4 is 12.4 Å². The Kier molecular flexibility index (Phi) is 20.9. The average Bonchev–Trinajstić information content (AvgIpc) is 2.52. The minimum absolute atomic E-state index is 0. The molecule has 0 rings (SSSR count). The molecule has 0 saturated heterocycles. The average molecular weight is 408 g/mol. The molecule has 0 heterocycles. The Morgan fingerprint density at radius 2 is 1.33 bits per heavy atom. The van der Waals surface area contributed by atoms with Gasteiger partial charge in [-0.2, -0.15) is 0 Å². The molecule has 0 aliphatic rings. The first-order valence-corrected chi connectivity index (χ1v) is 8.17. The maximum Gasteiger partial charge on any atom is 0.330 e. The van der Waals surface area contributed by atoms with Gasteiger partial charge in [0.2, 0.25) is 0 Å². The molecule has 0 bridgehead atoms. The molecule has 0 aromatic carbocycles. The van der Waals surface area contributed by atoms with Crippen LogP contribution in [0, 0.1) is 0 Å². The van der Waals surface area contributed by atoms with Gasteiger partial charge in [-0.15, -0.1) is 0 Å². The van der Waals surface area contributed by atoms with E-state index in [0.717, 1.165) is 17.4 Å². The topological polar surface area (TPSA) is 112 Å². The van der Waals surface area contributed by atoms with Gasteiger partial charge in [0.15, 0.2) is 0 Å². The number of halogens is 1. The van der Waals surface area contributed by atoms with Crippen LogP contribution in [0.3, 0.4) is 0 Å². The number of aliphatic carboxylic acids is 3. The second-order valence-corrected chi connectivity index (χ2v) is 6.53. The summed E-state index contributed by atoms with van der Waals surface area (Å²) in [5.41, 5.74) is 1.09. The Morgan fingerprint density at radius 1 is 0.926 bits per heavy atom. The Balaban J connectivity index is -0.000000153. The lowest BCUT2D eigenvalue weighted by molar-refractivity contribution is -0.869. The van der Waals surface area contributed by atoms with Gasteiger partial charge in [0, 0.05) is 23.1 Å². The molecule has 0 radical (unpaired) electrons. The number of allylic oxidation sites excluding steroid dienone is 1. The Bertz CT molecular complexity index is 545. The van der Waals surface area contributed by atoms with Crippen molar-refractivity contribution in [3.63, 3.8) is 0 Å². The maximum atomic E-state index is 10.4. The summed E-state index contributed by atoms with van der Waals surface area (Å²) in [6.07, 6.45) is 4.67. The van der Waals surface area contributed by atoms with Crippen LogP contribution in [0.25, 0.3) is 0 Å². The molecule has 0 spiro atoms. The van der Waals surface area contributed by atoms with Crippen molar-refractivity contribution >= 4 is 17.9 Å². The Morgan fingerprint density at radius 3 is 1.48 bits per heavy atom. The van der Waals surface area contributed by atoms with Gasteiger partial charge < -0.3 is 32.2 Å². The van der Waals surface area contributed by atoms with Gasteiger partial charge in [-0.05, 0) is 27.2 Å². The number of carbonyl (C=O) groups is 3. The second kappa shape index (κ2) is 17.3. The highest BCUT2D eigenvalue weighted by molar-refractivity contribution is 5.86. The quantitative estimate of drug-likeness (QED) is 0.410. The number of nitrogens with zero attached hydrogens (tertiary/aromatic N) is 1. The number of hydrogen-bond acceptors (Lipinski definition) is 3. The van der Waals surface area contributed by atoms with Crippen molar-refractivity contribution in [2.24, 2.45) is 0 Å². The summed E-state index contributed by atoms with van der Waals surface area (Å²) < 4.78 is 0.864. The lowest BCUT2D eigenvalue weighted by Crippen LogP contribution is -3.00. The number of carboxylic acids is 3. The minimum atomic E-state index is -0.900. The van der Waals surface area contributed by atoms with E-state index < -0.39 is 17.9 Å². The molecule has 8 heteroatoms. The fraction of sp³-hybridized carbons (Fsp3) is 0.526. The van der Waals surface area contributed by atoms with E-state index in [1.54, 1.807) is 39.8 Å². The molecule has 0 atom stereocenters. The molecule has 158 valence electrons. The fourth-order valence-corrected chi connectivity index (χ4v) is 1.03. The molecule has 0 fully saturated rings. The summed E-state index contributed by atoms with van der Waals surface area (Å²) >= 11 is 0. The molecule has 7 nitrogen and oxygen atoms in total. The van der Waals surface area contributed by atoms with Crippen LogP contribution in [0.5, 0.6) is 0 Å². The zero-order valence-corrected chi connectivity index (χ0v) is 18.1. The van der Waals surface area contributed by atoms with E-state index in [-0.39, 0.29) is 18.0 Å². The molecule has 0 aliphatic heterocycles. The normalized spacial score (nSPS) is 10.9. The predicted octanol–water partition coefficient (Wildman–Crippen LogP) is 0.192. The van der Waals surface area contributed by atoms with E-state index in [1.165, 1.54) is 0 Å². The van der Waals surface area contributed by atoms with Crippen LogP contribution in [-0.2, 0) is 14.4 Å². The molecule has 0 amide bonds. The highest BCUT2D eigenvalue weighted by atomic mass is 35.5. The fourth-order valence-electron chi connectivity index (χ4n) is 1.03. The van der Waals surface area contributed by atoms with Crippen molar-refractivity contribution in [2.45, 2.75) is 40.5 Å². The van der Waals surface area contributed by atoms with Crippen molar-refractivity contribution in [1.82, 2.24) is 0 Å². The molecule has 0 aliphatic carbocycles. The highest BCUT2D eigenvalue weighted by Crippen LogP contribution is 1.99. The van der Waals surface area contributed by atoms with Crippen LogP contribution in [0.15, 0.2) is 35.5 Å². The van der Waals surface area contributed by atoms with Crippen molar-refractivity contribution in [1.29, 1.82) is 0 Å². The molecule has 0 saturated carbocycles. The van der Waals surface area contributed by atoms with E-state index in [2.05, 4.69) is 27.7 Å². The van der Waals surface area contributed by atoms with Crippen LogP contribution in [-0.4, -0.2) is 65.4 Å². The van der Waals surface area contributed by atoms with Crippen molar-refractivity contribution in [2.75, 3.05) is 27.7 Å². The number of hydrogen-bond donors (Lipinski definition) is 3. The largest absolute Gasteiger partial charge is 1.00 e. The summed E-state index contributed by atoms with van der Waals surface area (Å²) in [4.78, 5) is 30.1. The molecule has 3 N–H and O–H groups in total. The van der Waals surface area contributed by atoms with E-state index in [9.17, 15) is 14.4 Å². The summed E-state index contributed by atoms with van der Waals surface area (Å²) in [6.45, 7) is 10.9. The molecular formula is C19H34ClNO6. The molecule has 27 heavy (non-hydrogen) atoms. The van der Waals surface area contributed by atoms with Crippen molar-refractivity contribution in [3.05, 3.63) is 35.5 Å². The van der Waals surface area contributed by atoms with Crippen molar-refractivity contribution in [3.8, 4) is 0 Å². The van der Waals surface area contributed by atoms with Gasteiger partial charge in [0.25, 0.3) is 0 Å². The van der Waals surface area contributed by atoms with E-state index >= 15 is 0 Å². The third kappa shape index (κ3) is 26.2. The summed E-state index contributed by atoms with van der Waals surface area (Å²) in [5, 5.41) is 24.7. The van der Waals surface area contributed by atoms with E-state index in [4.69, 9.17) is 15.3 Å². The summed E-state index contributed by atoms with van der Waals surface area (Å²) in [7, 11) is 6.26. The first kappa shape index (κ1) is 32.5. The third-order valence-electron chi connectivity index (χ3n) is 3.09. The Labute approximate surface area is 168 Å². The first-order valence-electron chi connectivity index (χ1n) is 8.17. The molecule has 0 unspecified atom stereocenters. The van der Waals surface area contributed by atoms with Gasteiger partial charge in [-0.3, -0.25) is 0 Å². The Hall–Kier alpha value is -2.12.